The van der Waals surface area contributed by atoms with Gasteiger partial charge in [-0.1, -0.05) is 0 Å². The van der Waals surface area contributed by atoms with E-state index in [1.807, 2.05) is 0 Å². The molecule has 0 heterocycles. The minimum Gasteiger partial charge on any atom is -0.493 e. The monoisotopic (exact) mass is 272 g/mol. The lowest BCUT2D eigenvalue weighted by Gasteiger charge is -2.17. The Morgan fingerprint density at radius 1 is 1.26 bits per heavy atom. The first-order chi connectivity index (χ1) is 8.90. The van der Waals surface area contributed by atoms with Crippen molar-refractivity contribution in [2.24, 2.45) is 0 Å². The second-order valence-electron chi connectivity index (χ2n) is 4.12. The molecule has 0 aromatic heterocycles. The minimum atomic E-state index is -1.70. The van der Waals surface area contributed by atoms with Gasteiger partial charge in [0.25, 0.3) is 0 Å². The van der Waals surface area contributed by atoms with Crippen LogP contribution in [-0.4, -0.2) is 31.4 Å². The Balaban J connectivity index is 3.22. The Labute approximate surface area is 110 Å². The third-order valence-electron chi connectivity index (χ3n) is 2.36. The number of esters is 1. The standard InChI is InChI=1S/C13H17FO5/c1-7(2)19-11-5-8(12(15)13(16)18-4)9(14)6-10(11)17-3/h5-7,12,15H,1-4H3. The van der Waals surface area contributed by atoms with Crippen molar-refractivity contribution in [2.45, 2.75) is 26.1 Å². The first kappa shape index (κ1) is 15.2. The smallest absolute Gasteiger partial charge is 0.339 e. The van der Waals surface area contributed by atoms with Crippen LogP contribution in [0.5, 0.6) is 11.5 Å². The van der Waals surface area contributed by atoms with E-state index in [1.54, 1.807) is 13.8 Å². The zero-order chi connectivity index (χ0) is 14.6. The Kier molecular flexibility index (Phi) is 5.11. The lowest BCUT2D eigenvalue weighted by atomic mass is 10.1. The number of carbonyl (C=O) groups excluding carboxylic acids is 1. The third-order valence-corrected chi connectivity index (χ3v) is 2.36. The molecule has 19 heavy (non-hydrogen) atoms. The van der Waals surface area contributed by atoms with Crippen LogP contribution in [0.3, 0.4) is 0 Å². The van der Waals surface area contributed by atoms with Crippen molar-refractivity contribution in [3.8, 4) is 11.5 Å². The van der Waals surface area contributed by atoms with Crippen molar-refractivity contribution >= 4 is 5.97 Å². The van der Waals surface area contributed by atoms with Gasteiger partial charge in [0, 0.05) is 11.6 Å². The van der Waals surface area contributed by atoms with E-state index in [4.69, 9.17) is 9.47 Å². The van der Waals surface area contributed by atoms with Crippen LogP contribution in [0.4, 0.5) is 4.39 Å². The summed E-state index contributed by atoms with van der Waals surface area (Å²) in [6.45, 7) is 3.58. The highest BCUT2D eigenvalue weighted by Gasteiger charge is 2.24. The molecular formula is C13H17FO5. The van der Waals surface area contributed by atoms with E-state index in [2.05, 4.69) is 4.74 Å². The van der Waals surface area contributed by atoms with Gasteiger partial charge in [0.1, 0.15) is 5.82 Å². The Morgan fingerprint density at radius 3 is 2.37 bits per heavy atom. The lowest BCUT2D eigenvalue weighted by molar-refractivity contribution is -0.150. The van der Waals surface area contributed by atoms with Gasteiger partial charge in [-0.2, -0.15) is 0 Å². The first-order valence-electron chi connectivity index (χ1n) is 5.70. The summed E-state index contributed by atoms with van der Waals surface area (Å²) in [5, 5.41) is 9.68. The van der Waals surface area contributed by atoms with E-state index in [1.165, 1.54) is 13.2 Å². The van der Waals surface area contributed by atoms with Crippen molar-refractivity contribution < 1.29 is 28.5 Å². The first-order valence-corrected chi connectivity index (χ1v) is 5.70. The second kappa shape index (κ2) is 6.38. The second-order valence-corrected chi connectivity index (χ2v) is 4.12. The molecule has 0 amide bonds. The van der Waals surface area contributed by atoms with Crippen molar-refractivity contribution in [2.75, 3.05) is 14.2 Å². The van der Waals surface area contributed by atoms with Crippen molar-refractivity contribution in [1.82, 2.24) is 0 Å². The molecule has 0 fully saturated rings. The summed E-state index contributed by atoms with van der Waals surface area (Å²) in [5.41, 5.74) is -0.219. The molecule has 106 valence electrons. The molecule has 0 spiro atoms. The highest BCUT2D eigenvalue weighted by Crippen LogP contribution is 2.33. The molecule has 1 unspecified atom stereocenters. The summed E-state index contributed by atoms with van der Waals surface area (Å²) in [6.07, 6.45) is -1.87. The molecule has 0 aliphatic rings. The van der Waals surface area contributed by atoms with Gasteiger partial charge in [0.2, 0.25) is 0 Å². The molecule has 1 atom stereocenters. The van der Waals surface area contributed by atoms with E-state index >= 15 is 0 Å². The Morgan fingerprint density at radius 2 is 1.89 bits per heavy atom. The molecule has 0 aliphatic heterocycles. The Hall–Kier alpha value is -1.82. The average molecular weight is 272 g/mol. The number of aliphatic hydroxyl groups excluding tert-OH is 1. The molecular weight excluding hydrogens is 255 g/mol. The summed E-state index contributed by atoms with van der Waals surface area (Å²) in [5.74, 6) is -1.28. The number of hydrogen-bond acceptors (Lipinski definition) is 5. The van der Waals surface area contributed by atoms with Crippen LogP contribution in [0.25, 0.3) is 0 Å². The molecule has 0 saturated carbocycles. The minimum absolute atomic E-state index is 0.164. The number of halogens is 1. The maximum absolute atomic E-state index is 13.8. The molecule has 1 aromatic rings. The number of benzene rings is 1. The van der Waals surface area contributed by atoms with Gasteiger partial charge in [0.05, 0.1) is 20.3 Å². The van der Waals surface area contributed by atoms with Crippen molar-refractivity contribution in [1.29, 1.82) is 0 Å². The van der Waals surface area contributed by atoms with Crippen LogP contribution in [-0.2, 0) is 9.53 Å². The predicted octanol–water partition coefficient (Wildman–Crippen LogP) is 1.83. The molecule has 1 N–H and O–H groups in total. The quantitative estimate of drug-likeness (QED) is 0.828. The topological polar surface area (TPSA) is 65.0 Å². The van der Waals surface area contributed by atoms with Crippen LogP contribution < -0.4 is 9.47 Å². The van der Waals surface area contributed by atoms with Gasteiger partial charge >= 0.3 is 5.97 Å². The van der Waals surface area contributed by atoms with E-state index in [0.717, 1.165) is 13.2 Å². The average Bonchev–Trinajstić information content (AvgIpc) is 2.37. The van der Waals surface area contributed by atoms with Gasteiger partial charge < -0.3 is 19.3 Å². The number of rotatable bonds is 5. The molecule has 0 radical (unpaired) electrons. The highest BCUT2D eigenvalue weighted by atomic mass is 19.1. The molecule has 0 bridgehead atoms. The number of aliphatic hydroxyl groups is 1. The number of hydrogen-bond donors (Lipinski definition) is 1. The maximum Gasteiger partial charge on any atom is 0.339 e. The Bertz CT molecular complexity index is 459. The van der Waals surface area contributed by atoms with Crippen LogP contribution in [0.2, 0.25) is 0 Å². The summed E-state index contributed by atoms with van der Waals surface area (Å²) in [6, 6.07) is 2.29. The lowest BCUT2D eigenvalue weighted by Crippen LogP contribution is -2.16. The van der Waals surface area contributed by atoms with Crippen LogP contribution in [0.1, 0.15) is 25.5 Å². The largest absolute Gasteiger partial charge is 0.493 e. The van der Waals surface area contributed by atoms with E-state index < -0.39 is 17.9 Å². The van der Waals surface area contributed by atoms with Gasteiger partial charge in [-0.3, -0.25) is 0 Å². The molecule has 1 aromatic carbocycles. The van der Waals surface area contributed by atoms with Gasteiger partial charge in [0.15, 0.2) is 17.6 Å². The maximum atomic E-state index is 13.8. The number of carbonyl (C=O) groups is 1. The zero-order valence-corrected chi connectivity index (χ0v) is 11.3. The highest BCUT2D eigenvalue weighted by molar-refractivity contribution is 5.76. The summed E-state index contributed by atoms with van der Waals surface area (Å²) < 4.78 is 28.6. The zero-order valence-electron chi connectivity index (χ0n) is 11.3. The van der Waals surface area contributed by atoms with Crippen molar-refractivity contribution in [3.05, 3.63) is 23.5 Å². The molecule has 1 rings (SSSR count). The summed E-state index contributed by atoms with van der Waals surface area (Å²) in [4.78, 5) is 11.2. The molecule has 6 heteroatoms. The van der Waals surface area contributed by atoms with Gasteiger partial charge in [-0.25, -0.2) is 9.18 Å². The summed E-state index contributed by atoms with van der Waals surface area (Å²) >= 11 is 0. The fraction of sp³-hybridized carbons (Fsp3) is 0.462. The van der Waals surface area contributed by atoms with E-state index in [0.29, 0.717) is 0 Å². The third kappa shape index (κ3) is 3.57. The molecule has 0 aliphatic carbocycles. The van der Waals surface area contributed by atoms with Crippen molar-refractivity contribution in [3.63, 3.8) is 0 Å². The number of methoxy groups -OCH3 is 2. The van der Waals surface area contributed by atoms with Crippen LogP contribution in [0.15, 0.2) is 12.1 Å². The normalized spacial score (nSPS) is 12.2. The molecule has 5 nitrogen and oxygen atoms in total. The van der Waals surface area contributed by atoms with Crippen LogP contribution in [0, 0.1) is 5.82 Å². The predicted molar refractivity (Wildman–Crippen MR) is 65.7 cm³/mol. The van der Waals surface area contributed by atoms with E-state index in [-0.39, 0.29) is 23.2 Å². The SMILES string of the molecule is COC(=O)C(O)c1cc(OC(C)C)c(OC)cc1F. The fourth-order valence-corrected chi connectivity index (χ4v) is 1.50. The van der Waals surface area contributed by atoms with Gasteiger partial charge in [-0.05, 0) is 19.9 Å². The summed E-state index contributed by atoms with van der Waals surface area (Å²) in [7, 11) is 2.48. The van der Waals surface area contributed by atoms with Gasteiger partial charge in [-0.15, -0.1) is 0 Å². The molecule has 0 saturated heterocycles. The number of ether oxygens (including phenoxy) is 3. The van der Waals surface area contributed by atoms with E-state index in [9.17, 15) is 14.3 Å². The fourth-order valence-electron chi connectivity index (χ4n) is 1.50. The van der Waals surface area contributed by atoms with Crippen LogP contribution >= 0.6 is 0 Å².